The van der Waals surface area contributed by atoms with E-state index in [2.05, 4.69) is 0 Å². The van der Waals surface area contributed by atoms with Gasteiger partial charge in [0.2, 0.25) is 5.91 Å². The Bertz CT molecular complexity index is 1540. The molecule has 0 bridgehead atoms. The van der Waals surface area contributed by atoms with Crippen LogP contribution in [0.15, 0.2) is 103 Å². The van der Waals surface area contributed by atoms with E-state index in [9.17, 15) is 9.59 Å². The zero-order valence-corrected chi connectivity index (χ0v) is 23.5. The summed E-state index contributed by atoms with van der Waals surface area (Å²) in [7, 11) is 0. The minimum Gasteiger partial charge on any atom is -0.494 e. The van der Waals surface area contributed by atoms with Crippen molar-refractivity contribution in [2.75, 3.05) is 23.2 Å². The van der Waals surface area contributed by atoms with Gasteiger partial charge in [-0.15, -0.1) is 0 Å². The smallest absolute Gasteiger partial charge is 0.266 e. The zero-order chi connectivity index (χ0) is 29.1. The van der Waals surface area contributed by atoms with Gasteiger partial charge in [-0.25, -0.2) is 9.96 Å². The minimum absolute atomic E-state index is 0.319. The number of ether oxygens (including phenoxy) is 3. The van der Waals surface area contributed by atoms with Crippen LogP contribution in [0.25, 0.3) is 0 Å². The van der Waals surface area contributed by atoms with Gasteiger partial charge in [0, 0.05) is 0 Å². The first-order chi connectivity index (χ1) is 20.6. The third-order valence-electron chi connectivity index (χ3n) is 7.38. The van der Waals surface area contributed by atoms with Crippen molar-refractivity contribution in [3.8, 4) is 17.2 Å². The molecule has 0 radical (unpaired) electrons. The summed E-state index contributed by atoms with van der Waals surface area (Å²) < 4.78 is 17.6. The van der Waals surface area contributed by atoms with Crippen molar-refractivity contribution in [1.82, 2.24) is 0 Å². The highest BCUT2D eigenvalue weighted by molar-refractivity contribution is 6.24. The molecule has 42 heavy (non-hydrogen) atoms. The number of hydrogen-bond donors (Lipinski definition) is 0. The molecule has 2 saturated heterocycles. The van der Waals surface area contributed by atoms with E-state index in [1.807, 2.05) is 92.7 Å². The van der Waals surface area contributed by atoms with Gasteiger partial charge in [-0.1, -0.05) is 54.6 Å². The third kappa shape index (κ3) is 5.17. The normalized spacial score (nSPS) is 19.6. The number of anilines is 2. The Kier molecular flexibility index (Phi) is 7.79. The van der Waals surface area contributed by atoms with Crippen molar-refractivity contribution < 1.29 is 28.6 Å². The Morgan fingerprint density at radius 3 is 2.07 bits per heavy atom. The molecule has 2 aliphatic rings. The van der Waals surface area contributed by atoms with Gasteiger partial charge in [-0.05, 0) is 73.5 Å². The van der Waals surface area contributed by atoms with Crippen molar-refractivity contribution in [3.63, 3.8) is 0 Å². The quantitative estimate of drug-likeness (QED) is 0.215. The third-order valence-corrected chi connectivity index (χ3v) is 7.38. The van der Waals surface area contributed by atoms with E-state index in [-0.39, 0.29) is 5.91 Å². The molecule has 2 amide bonds. The van der Waals surface area contributed by atoms with E-state index >= 15 is 0 Å². The Labute approximate surface area is 244 Å². The van der Waals surface area contributed by atoms with E-state index in [0.717, 1.165) is 16.8 Å². The van der Waals surface area contributed by atoms with Gasteiger partial charge >= 0.3 is 0 Å². The second kappa shape index (κ2) is 12.0. The SMILES string of the molecule is CCOc1ccc(N2C(=O)[C@H]3[C@H](ON(c4ccccc4)[C@H]3c3ccc(OCc4ccccc4)c(OCC)c3)C2=O)cc1. The van der Waals surface area contributed by atoms with Crippen LogP contribution in [-0.4, -0.2) is 31.1 Å². The lowest BCUT2D eigenvalue weighted by atomic mass is 9.90. The molecular formula is C34H32N2O6. The Morgan fingerprint density at radius 1 is 0.690 bits per heavy atom. The molecule has 8 nitrogen and oxygen atoms in total. The van der Waals surface area contributed by atoms with Crippen molar-refractivity contribution in [3.05, 3.63) is 114 Å². The van der Waals surface area contributed by atoms with Crippen LogP contribution in [0.2, 0.25) is 0 Å². The van der Waals surface area contributed by atoms with Crippen molar-refractivity contribution in [2.24, 2.45) is 5.92 Å². The fraction of sp³-hybridized carbons (Fsp3) is 0.235. The predicted molar refractivity (Wildman–Crippen MR) is 159 cm³/mol. The molecule has 2 heterocycles. The summed E-state index contributed by atoms with van der Waals surface area (Å²) in [4.78, 5) is 35.2. The lowest BCUT2D eigenvalue weighted by molar-refractivity contribution is -0.126. The van der Waals surface area contributed by atoms with Crippen LogP contribution in [-0.2, 0) is 21.0 Å². The number of hydroxylamine groups is 1. The van der Waals surface area contributed by atoms with Crippen LogP contribution in [0, 0.1) is 5.92 Å². The standard InChI is InChI=1S/C34H32N2O6/c1-3-39-27-18-16-25(17-19-27)35-33(37)30-31(36(42-32(30)34(35)38)26-13-9-6-10-14-26)24-15-20-28(29(21-24)40-4-2)41-22-23-11-7-5-8-12-23/h5-21,30-32H,3-4,22H2,1-2H3/t30-,31+,32+/m1/s1. The summed E-state index contributed by atoms with van der Waals surface area (Å²) in [6, 6.07) is 31.4. The Hall–Kier alpha value is -4.82. The molecule has 8 heteroatoms. The zero-order valence-electron chi connectivity index (χ0n) is 23.5. The molecule has 2 fully saturated rings. The lowest BCUT2D eigenvalue weighted by Gasteiger charge is -2.29. The average Bonchev–Trinajstić information content (AvgIpc) is 3.53. The number of carbonyl (C=O) groups excluding carboxylic acids is 2. The highest BCUT2D eigenvalue weighted by Crippen LogP contribution is 2.49. The molecule has 214 valence electrons. The van der Waals surface area contributed by atoms with E-state index in [4.69, 9.17) is 19.0 Å². The number of nitrogens with zero attached hydrogens (tertiary/aromatic N) is 2. The lowest BCUT2D eigenvalue weighted by Crippen LogP contribution is -2.37. The highest BCUT2D eigenvalue weighted by Gasteiger charge is 2.60. The molecular weight excluding hydrogens is 532 g/mol. The first-order valence-corrected chi connectivity index (χ1v) is 14.1. The summed E-state index contributed by atoms with van der Waals surface area (Å²) >= 11 is 0. The molecule has 0 saturated carbocycles. The first-order valence-electron chi connectivity index (χ1n) is 14.1. The number of hydrogen-bond acceptors (Lipinski definition) is 7. The second-order valence-electron chi connectivity index (χ2n) is 10.0. The minimum atomic E-state index is -0.973. The molecule has 0 unspecified atom stereocenters. The summed E-state index contributed by atoms with van der Waals surface area (Å²) in [6.45, 7) is 5.15. The predicted octanol–water partition coefficient (Wildman–Crippen LogP) is 6.11. The molecule has 0 spiro atoms. The average molecular weight is 565 g/mol. The number of rotatable bonds is 10. The van der Waals surface area contributed by atoms with Crippen LogP contribution < -0.4 is 24.2 Å². The molecule has 0 aromatic heterocycles. The molecule has 4 aromatic carbocycles. The molecule has 2 aliphatic heterocycles. The van der Waals surface area contributed by atoms with Crippen LogP contribution in [0.4, 0.5) is 11.4 Å². The molecule has 0 N–H and O–H groups in total. The molecule has 6 rings (SSSR count). The maximum atomic E-state index is 14.0. The first kappa shape index (κ1) is 27.4. The summed E-state index contributed by atoms with van der Waals surface area (Å²) in [6.07, 6.45) is -0.973. The van der Waals surface area contributed by atoms with Gasteiger partial charge in [0.05, 0.1) is 30.6 Å². The van der Waals surface area contributed by atoms with Gasteiger partial charge in [0.15, 0.2) is 17.6 Å². The summed E-state index contributed by atoms with van der Waals surface area (Å²) in [5.74, 6) is 0.335. The van der Waals surface area contributed by atoms with Gasteiger partial charge < -0.3 is 14.2 Å². The number of carbonyl (C=O) groups is 2. The van der Waals surface area contributed by atoms with E-state index in [0.29, 0.717) is 42.8 Å². The van der Waals surface area contributed by atoms with Crippen molar-refractivity contribution in [1.29, 1.82) is 0 Å². The van der Waals surface area contributed by atoms with Crippen molar-refractivity contribution in [2.45, 2.75) is 32.6 Å². The number of imide groups is 1. The van der Waals surface area contributed by atoms with Crippen molar-refractivity contribution >= 4 is 23.2 Å². The highest BCUT2D eigenvalue weighted by atomic mass is 16.7. The number of fused-ring (bicyclic) bond motifs is 1. The van der Waals surface area contributed by atoms with Crippen LogP contribution in [0.1, 0.15) is 31.0 Å². The van der Waals surface area contributed by atoms with Gasteiger partial charge in [0.1, 0.15) is 18.3 Å². The van der Waals surface area contributed by atoms with Crippen LogP contribution in [0.5, 0.6) is 17.2 Å². The number of para-hydroxylation sites is 1. The second-order valence-corrected chi connectivity index (χ2v) is 10.0. The van der Waals surface area contributed by atoms with Gasteiger partial charge in [0.25, 0.3) is 5.91 Å². The van der Waals surface area contributed by atoms with Crippen LogP contribution >= 0.6 is 0 Å². The summed E-state index contributed by atoms with van der Waals surface area (Å²) in [5.41, 5.74) is 3.04. The van der Waals surface area contributed by atoms with Gasteiger partial charge in [-0.3, -0.25) is 14.4 Å². The fourth-order valence-corrected chi connectivity index (χ4v) is 5.50. The molecule has 3 atom stereocenters. The van der Waals surface area contributed by atoms with E-state index < -0.39 is 24.0 Å². The number of benzene rings is 4. The topological polar surface area (TPSA) is 77.5 Å². The fourth-order valence-electron chi connectivity index (χ4n) is 5.50. The number of amides is 2. The maximum absolute atomic E-state index is 14.0. The monoisotopic (exact) mass is 564 g/mol. The maximum Gasteiger partial charge on any atom is 0.266 e. The summed E-state index contributed by atoms with van der Waals surface area (Å²) in [5, 5.41) is 1.68. The largest absolute Gasteiger partial charge is 0.494 e. The van der Waals surface area contributed by atoms with Gasteiger partial charge in [-0.2, -0.15) is 0 Å². The molecule has 4 aromatic rings. The molecule has 0 aliphatic carbocycles. The Balaban J connectivity index is 1.35. The van der Waals surface area contributed by atoms with Crippen LogP contribution in [0.3, 0.4) is 0 Å². The Morgan fingerprint density at radius 2 is 1.38 bits per heavy atom. The van der Waals surface area contributed by atoms with E-state index in [1.54, 1.807) is 29.3 Å². The van der Waals surface area contributed by atoms with E-state index in [1.165, 1.54) is 4.90 Å².